The van der Waals surface area contributed by atoms with Gasteiger partial charge in [-0.15, -0.1) is 0 Å². The topological polar surface area (TPSA) is 71.2 Å². The fourth-order valence-corrected chi connectivity index (χ4v) is 3.03. The van der Waals surface area contributed by atoms with Crippen molar-refractivity contribution in [2.75, 3.05) is 5.32 Å². The van der Waals surface area contributed by atoms with Gasteiger partial charge in [0, 0.05) is 22.0 Å². The van der Waals surface area contributed by atoms with Gasteiger partial charge in [0.05, 0.1) is 0 Å². The number of hydrogen-bond acceptors (Lipinski definition) is 3. The standard InChI is InChI=1S/C22H18N2O3/c1-14(27-22(26)20-13-16-8-3-5-11-18(16)23-20)21(25)24-19-12-6-9-15-7-2-4-10-17(15)19/h2-14,23H,1H3,(H,24,25)/t14-/m0/s1. The molecule has 5 nitrogen and oxygen atoms in total. The number of aromatic nitrogens is 1. The summed E-state index contributed by atoms with van der Waals surface area (Å²) >= 11 is 0. The number of hydrogen-bond donors (Lipinski definition) is 2. The lowest BCUT2D eigenvalue weighted by Gasteiger charge is -2.14. The van der Waals surface area contributed by atoms with E-state index in [-0.39, 0.29) is 5.91 Å². The van der Waals surface area contributed by atoms with E-state index in [4.69, 9.17) is 4.74 Å². The lowest BCUT2D eigenvalue weighted by molar-refractivity contribution is -0.123. The fourth-order valence-electron chi connectivity index (χ4n) is 3.03. The molecule has 4 rings (SSSR count). The van der Waals surface area contributed by atoms with Crippen LogP contribution in [0.4, 0.5) is 5.69 Å². The van der Waals surface area contributed by atoms with Gasteiger partial charge < -0.3 is 15.0 Å². The molecule has 1 amide bonds. The highest BCUT2D eigenvalue weighted by Crippen LogP contribution is 2.23. The van der Waals surface area contributed by atoms with E-state index in [9.17, 15) is 9.59 Å². The van der Waals surface area contributed by atoms with Crippen molar-refractivity contribution in [2.45, 2.75) is 13.0 Å². The molecule has 0 aliphatic heterocycles. The third kappa shape index (κ3) is 3.40. The van der Waals surface area contributed by atoms with Gasteiger partial charge in [0.15, 0.2) is 6.10 Å². The van der Waals surface area contributed by atoms with Gasteiger partial charge in [-0.25, -0.2) is 4.79 Å². The Hall–Kier alpha value is -3.60. The number of aromatic amines is 1. The molecule has 0 aliphatic rings. The molecule has 0 unspecified atom stereocenters. The zero-order chi connectivity index (χ0) is 18.8. The molecule has 0 saturated carbocycles. The van der Waals surface area contributed by atoms with E-state index in [0.717, 1.165) is 21.7 Å². The van der Waals surface area contributed by atoms with Crippen LogP contribution in [-0.4, -0.2) is 23.0 Å². The van der Waals surface area contributed by atoms with Crippen molar-refractivity contribution < 1.29 is 14.3 Å². The maximum Gasteiger partial charge on any atom is 0.355 e. The van der Waals surface area contributed by atoms with Crippen LogP contribution in [0, 0.1) is 0 Å². The van der Waals surface area contributed by atoms with Crippen LogP contribution in [0.1, 0.15) is 17.4 Å². The lowest BCUT2D eigenvalue weighted by atomic mass is 10.1. The monoisotopic (exact) mass is 358 g/mol. The first-order valence-electron chi connectivity index (χ1n) is 8.69. The van der Waals surface area contributed by atoms with Gasteiger partial charge in [-0.1, -0.05) is 54.6 Å². The Bertz CT molecular complexity index is 1110. The molecule has 27 heavy (non-hydrogen) atoms. The summed E-state index contributed by atoms with van der Waals surface area (Å²) in [6.45, 7) is 1.56. The van der Waals surface area contributed by atoms with E-state index in [0.29, 0.717) is 11.4 Å². The van der Waals surface area contributed by atoms with Crippen molar-refractivity contribution in [1.82, 2.24) is 4.98 Å². The summed E-state index contributed by atoms with van der Waals surface area (Å²) in [5.74, 6) is -0.942. The van der Waals surface area contributed by atoms with E-state index in [1.807, 2.05) is 66.7 Å². The van der Waals surface area contributed by atoms with Crippen LogP contribution in [0.5, 0.6) is 0 Å². The minimum absolute atomic E-state index is 0.320. The Kier molecular flexibility index (Phi) is 4.34. The van der Waals surface area contributed by atoms with Gasteiger partial charge in [-0.05, 0) is 30.5 Å². The number of benzene rings is 3. The highest BCUT2D eigenvalue weighted by atomic mass is 16.5. The number of carbonyl (C=O) groups is 2. The molecule has 2 N–H and O–H groups in total. The Morgan fingerprint density at radius 1 is 0.926 bits per heavy atom. The molecule has 1 atom stereocenters. The molecule has 0 fully saturated rings. The van der Waals surface area contributed by atoms with Gasteiger partial charge in [0.1, 0.15) is 5.69 Å². The van der Waals surface area contributed by atoms with Crippen molar-refractivity contribution in [1.29, 1.82) is 0 Å². The van der Waals surface area contributed by atoms with Crippen LogP contribution >= 0.6 is 0 Å². The van der Waals surface area contributed by atoms with Crippen LogP contribution < -0.4 is 5.32 Å². The number of carbonyl (C=O) groups excluding carboxylic acids is 2. The molecular weight excluding hydrogens is 340 g/mol. The van der Waals surface area contributed by atoms with E-state index >= 15 is 0 Å². The summed E-state index contributed by atoms with van der Waals surface area (Å²) in [6.07, 6.45) is -0.928. The highest BCUT2D eigenvalue weighted by molar-refractivity contribution is 6.04. The predicted octanol–water partition coefficient (Wildman–Crippen LogP) is 4.51. The molecule has 5 heteroatoms. The number of esters is 1. The Morgan fingerprint density at radius 2 is 1.63 bits per heavy atom. The van der Waals surface area contributed by atoms with E-state index in [1.54, 1.807) is 13.0 Å². The predicted molar refractivity (Wildman–Crippen MR) is 106 cm³/mol. The first kappa shape index (κ1) is 16.8. The average Bonchev–Trinajstić information content (AvgIpc) is 3.12. The molecular formula is C22H18N2O3. The van der Waals surface area contributed by atoms with E-state index in [1.165, 1.54) is 0 Å². The number of amides is 1. The molecule has 0 spiro atoms. The average molecular weight is 358 g/mol. The van der Waals surface area contributed by atoms with Crippen LogP contribution in [0.3, 0.4) is 0 Å². The fraction of sp³-hybridized carbons (Fsp3) is 0.0909. The minimum atomic E-state index is -0.928. The van der Waals surface area contributed by atoms with Gasteiger partial charge in [0.2, 0.25) is 0 Å². The second kappa shape index (κ2) is 6.96. The first-order chi connectivity index (χ1) is 13.1. The van der Waals surface area contributed by atoms with Crippen LogP contribution in [0.15, 0.2) is 72.8 Å². The van der Waals surface area contributed by atoms with Crippen molar-refractivity contribution >= 4 is 39.2 Å². The summed E-state index contributed by atoms with van der Waals surface area (Å²) < 4.78 is 5.33. The molecule has 1 aromatic heterocycles. The number of para-hydroxylation sites is 1. The summed E-state index contributed by atoms with van der Waals surface area (Å²) in [5, 5.41) is 5.71. The smallest absolute Gasteiger partial charge is 0.355 e. The minimum Gasteiger partial charge on any atom is -0.448 e. The summed E-state index contributed by atoms with van der Waals surface area (Å²) in [4.78, 5) is 27.9. The highest BCUT2D eigenvalue weighted by Gasteiger charge is 2.20. The van der Waals surface area contributed by atoms with Gasteiger partial charge >= 0.3 is 5.97 Å². The largest absolute Gasteiger partial charge is 0.448 e. The summed E-state index contributed by atoms with van der Waals surface area (Å²) in [5.41, 5.74) is 1.85. The van der Waals surface area contributed by atoms with Crippen molar-refractivity contribution in [3.05, 3.63) is 78.5 Å². The van der Waals surface area contributed by atoms with E-state index in [2.05, 4.69) is 10.3 Å². The zero-order valence-electron chi connectivity index (χ0n) is 14.7. The Balaban J connectivity index is 1.48. The summed E-state index contributed by atoms with van der Waals surface area (Å²) in [6, 6.07) is 22.7. The Labute approximate surface area is 156 Å². The van der Waals surface area contributed by atoms with Gasteiger partial charge in [-0.3, -0.25) is 4.79 Å². The second-order valence-corrected chi connectivity index (χ2v) is 6.33. The number of anilines is 1. The maximum absolute atomic E-state index is 12.5. The quantitative estimate of drug-likeness (QED) is 0.528. The van der Waals surface area contributed by atoms with Crippen molar-refractivity contribution in [3.8, 4) is 0 Å². The molecule has 3 aromatic carbocycles. The SMILES string of the molecule is C[C@H](OC(=O)c1cc2ccccc2[nH]1)C(=O)Nc1cccc2ccccc12. The van der Waals surface area contributed by atoms with Crippen LogP contribution in [-0.2, 0) is 9.53 Å². The number of fused-ring (bicyclic) bond motifs is 2. The number of ether oxygens (including phenoxy) is 1. The van der Waals surface area contributed by atoms with Gasteiger partial charge in [0.25, 0.3) is 5.91 Å². The molecule has 4 aromatic rings. The molecule has 0 saturated heterocycles. The number of rotatable bonds is 4. The first-order valence-corrected chi connectivity index (χ1v) is 8.69. The normalized spacial score (nSPS) is 12.0. The molecule has 1 heterocycles. The summed E-state index contributed by atoms with van der Waals surface area (Å²) in [7, 11) is 0. The van der Waals surface area contributed by atoms with E-state index < -0.39 is 12.1 Å². The maximum atomic E-state index is 12.5. The molecule has 0 aliphatic carbocycles. The number of nitrogens with one attached hydrogen (secondary N) is 2. The Morgan fingerprint density at radius 3 is 2.44 bits per heavy atom. The third-order valence-electron chi connectivity index (χ3n) is 4.45. The van der Waals surface area contributed by atoms with Crippen LogP contribution in [0.25, 0.3) is 21.7 Å². The van der Waals surface area contributed by atoms with Gasteiger partial charge in [-0.2, -0.15) is 0 Å². The van der Waals surface area contributed by atoms with Crippen molar-refractivity contribution in [3.63, 3.8) is 0 Å². The lowest BCUT2D eigenvalue weighted by Crippen LogP contribution is -2.30. The zero-order valence-corrected chi connectivity index (χ0v) is 14.7. The van der Waals surface area contributed by atoms with Crippen molar-refractivity contribution in [2.24, 2.45) is 0 Å². The second-order valence-electron chi connectivity index (χ2n) is 6.33. The molecule has 0 radical (unpaired) electrons. The molecule has 0 bridgehead atoms. The number of H-pyrrole nitrogens is 1. The van der Waals surface area contributed by atoms with Crippen LogP contribution in [0.2, 0.25) is 0 Å². The molecule has 134 valence electrons. The third-order valence-corrected chi connectivity index (χ3v) is 4.45.